The van der Waals surface area contributed by atoms with Crippen molar-refractivity contribution in [3.8, 4) is 17.2 Å². The van der Waals surface area contributed by atoms with Crippen molar-refractivity contribution in [1.29, 1.82) is 0 Å². The van der Waals surface area contributed by atoms with Crippen LogP contribution in [0.5, 0.6) is 17.2 Å². The Hall–Kier alpha value is -2.80. The highest BCUT2D eigenvalue weighted by molar-refractivity contribution is 6.98. The van der Waals surface area contributed by atoms with Gasteiger partial charge >= 0.3 is 0 Å². The van der Waals surface area contributed by atoms with Gasteiger partial charge in [0, 0.05) is 6.61 Å². The number of rotatable bonds is 13. The number of aliphatic hydroxyl groups is 1. The molecule has 1 unspecified atom stereocenters. The smallest absolute Gasteiger partial charge is 0.258 e. The van der Waals surface area contributed by atoms with Crippen LogP contribution in [0, 0.1) is 5.92 Å². The first-order valence-electron chi connectivity index (χ1n) is 12.5. The van der Waals surface area contributed by atoms with E-state index in [1.807, 2.05) is 48.5 Å². The number of methoxy groups -OCH3 is 3. The second kappa shape index (κ2) is 12.4. The van der Waals surface area contributed by atoms with Crippen LogP contribution >= 0.6 is 0 Å². The molecule has 0 aliphatic carbocycles. The van der Waals surface area contributed by atoms with Gasteiger partial charge in [-0.2, -0.15) is 0 Å². The molecule has 0 aromatic heterocycles. The fourth-order valence-electron chi connectivity index (χ4n) is 5.47. The van der Waals surface area contributed by atoms with Crippen LogP contribution in [0.1, 0.15) is 38.7 Å². The Labute approximate surface area is 216 Å². The molecule has 0 spiro atoms. The molecule has 0 aliphatic rings. The first kappa shape index (κ1) is 27.8. The molecule has 0 heterocycles. The summed E-state index contributed by atoms with van der Waals surface area (Å²) >= 11 is 0. The van der Waals surface area contributed by atoms with E-state index in [1.165, 1.54) is 0 Å². The highest BCUT2D eigenvalue weighted by Gasteiger charge is 2.50. The van der Waals surface area contributed by atoms with E-state index >= 15 is 0 Å². The van der Waals surface area contributed by atoms with Gasteiger partial charge in [-0.25, -0.2) is 0 Å². The van der Waals surface area contributed by atoms with Gasteiger partial charge in [0.05, 0.1) is 21.3 Å². The molecule has 2 N–H and O–H groups in total. The topological polar surface area (TPSA) is 68.2 Å². The van der Waals surface area contributed by atoms with Crippen molar-refractivity contribution in [2.75, 3.05) is 27.9 Å². The van der Waals surface area contributed by atoms with Gasteiger partial charge in [-0.05, 0) is 58.6 Å². The summed E-state index contributed by atoms with van der Waals surface area (Å²) in [6.45, 7) is 4.52. The molecule has 3 aromatic rings. The summed E-state index contributed by atoms with van der Waals surface area (Å²) in [6, 6.07) is 24.2. The SMILES string of the molecule is COc1ccc(CC(CCCO)CC(C)(C)[Si](O)(c2ccccc2)c2ccccc2)c(OC)c1OC. The normalized spacial score (nSPS) is 12.8. The Morgan fingerprint density at radius 2 is 1.33 bits per heavy atom. The van der Waals surface area contributed by atoms with Crippen LogP contribution in [0.25, 0.3) is 0 Å². The molecule has 3 rings (SSSR count). The van der Waals surface area contributed by atoms with Crippen LogP contribution in [0.15, 0.2) is 72.8 Å². The third kappa shape index (κ3) is 5.77. The molecule has 194 valence electrons. The number of ether oxygens (including phenoxy) is 3. The van der Waals surface area contributed by atoms with Crippen molar-refractivity contribution < 1.29 is 24.1 Å². The molecule has 0 radical (unpaired) electrons. The second-order valence-corrected chi connectivity index (χ2v) is 13.9. The first-order chi connectivity index (χ1) is 17.3. The Morgan fingerprint density at radius 1 is 0.778 bits per heavy atom. The number of hydrogen-bond donors (Lipinski definition) is 2. The zero-order valence-electron chi connectivity index (χ0n) is 22.2. The van der Waals surface area contributed by atoms with E-state index < -0.39 is 8.32 Å². The van der Waals surface area contributed by atoms with Crippen molar-refractivity contribution >= 4 is 18.7 Å². The highest BCUT2D eigenvalue weighted by Crippen LogP contribution is 2.45. The molecule has 1 atom stereocenters. The second-order valence-electron chi connectivity index (χ2n) is 9.96. The van der Waals surface area contributed by atoms with Crippen molar-refractivity contribution in [1.82, 2.24) is 0 Å². The minimum Gasteiger partial charge on any atom is -0.493 e. The fourth-order valence-corrected chi connectivity index (χ4v) is 9.30. The molecular weight excluding hydrogens is 468 g/mol. The van der Waals surface area contributed by atoms with E-state index in [2.05, 4.69) is 38.1 Å². The van der Waals surface area contributed by atoms with E-state index in [1.54, 1.807) is 21.3 Å². The average Bonchev–Trinajstić information content (AvgIpc) is 2.91. The van der Waals surface area contributed by atoms with E-state index in [0.29, 0.717) is 23.7 Å². The van der Waals surface area contributed by atoms with E-state index in [0.717, 1.165) is 35.2 Å². The Balaban J connectivity index is 2.02. The molecule has 3 aromatic carbocycles. The lowest BCUT2D eigenvalue weighted by Gasteiger charge is -2.43. The molecule has 0 bridgehead atoms. The van der Waals surface area contributed by atoms with E-state index in [-0.39, 0.29) is 17.6 Å². The van der Waals surface area contributed by atoms with Gasteiger partial charge in [0.25, 0.3) is 8.32 Å². The molecule has 0 aliphatic heterocycles. The molecule has 0 fully saturated rings. The fraction of sp³-hybridized carbons (Fsp3) is 0.400. The summed E-state index contributed by atoms with van der Waals surface area (Å²) in [4.78, 5) is 12.6. The minimum atomic E-state index is -3.14. The number of aliphatic hydroxyl groups excluding tert-OH is 1. The van der Waals surface area contributed by atoms with Gasteiger partial charge in [-0.1, -0.05) is 80.6 Å². The van der Waals surface area contributed by atoms with Gasteiger partial charge < -0.3 is 24.1 Å². The first-order valence-corrected chi connectivity index (χ1v) is 14.5. The number of benzene rings is 3. The van der Waals surface area contributed by atoms with E-state index in [9.17, 15) is 9.90 Å². The maximum absolute atomic E-state index is 12.6. The predicted molar refractivity (Wildman–Crippen MR) is 148 cm³/mol. The summed E-state index contributed by atoms with van der Waals surface area (Å²) in [5, 5.41) is 11.3. The molecule has 36 heavy (non-hydrogen) atoms. The highest BCUT2D eigenvalue weighted by atomic mass is 28.4. The Morgan fingerprint density at radius 3 is 1.81 bits per heavy atom. The van der Waals surface area contributed by atoms with Crippen molar-refractivity contribution in [2.24, 2.45) is 5.92 Å². The maximum Gasteiger partial charge on any atom is 0.258 e. The van der Waals surface area contributed by atoms with Gasteiger partial charge in [0.2, 0.25) is 5.75 Å². The molecule has 0 saturated heterocycles. The number of hydrogen-bond acceptors (Lipinski definition) is 5. The maximum atomic E-state index is 12.6. The molecule has 0 amide bonds. The monoisotopic (exact) mass is 508 g/mol. The quantitative estimate of drug-likeness (QED) is 0.331. The van der Waals surface area contributed by atoms with Crippen LogP contribution in [-0.2, 0) is 6.42 Å². The van der Waals surface area contributed by atoms with Gasteiger partial charge in [0.1, 0.15) is 0 Å². The van der Waals surface area contributed by atoms with Crippen molar-refractivity contribution in [3.63, 3.8) is 0 Å². The van der Waals surface area contributed by atoms with Gasteiger partial charge in [0.15, 0.2) is 11.5 Å². The molecule has 5 nitrogen and oxygen atoms in total. The Kier molecular flexibility index (Phi) is 9.60. The largest absolute Gasteiger partial charge is 0.493 e. The summed E-state index contributed by atoms with van der Waals surface area (Å²) in [6.07, 6.45) is 3.07. The molecular formula is C30H40O5Si. The third-order valence-corrected chi connectivity index (χ3v) is 11.7. The van der Waals surface area contributed by atoms with Crippen LogP contribution in [0.4, 0.5) is 0 Å². The van der Waals surface area contributed by atoms with Crippen LogP contribution in [0.2, 0.25) is 5.04 Å². The summed E-state index contributed by atoms with van der Waals surface area (Å²) in [7, 11) is 1.73. The summed E-state index contributed by atoms with van der Waals surface area (Å²) in [5.74, 6) is 2.09. The zero-order valence-corrected chi connectivity index (χ0v) is 23.2. The van der Waals surface area contributed by atoms with Crippen LogP contribution < -0.4 is 24.6 Å². The standard InChI is InChI=1S/C30H40O5Si/c1-30(2,36(32,25-14-8-6-9-15-25)26-16-10-7-11-17-26)22-23(13-12-20-31)21-24-18-19-27(33-3)29(35-5)28(24)34-4/h6-11,14-19,23,31-32H,12-13,20-22H2,1-5H3. The third-order valence-electron chi connectivity index (χ3n) is 7.23. The summed E-state index contributed by atoms with van der Waals surface area (Å²) < 4.78 is 16.8. The van der Waals surface area contributed by atoms with Crippen LogP contribution in [0.3, 0.4) is 0 Å². The average molecular weight is 509 g/mol. The lowest BCUT2D eigenvalue weighted by atomic mass is 9.86. The summed E-state index contributed by atoms with van der Waals surface area (Å²) in [5.41, 5.74) is 1.03. The predicted octanol–water partition coefficient (Wildman–Crippen LogP) is 4.57. The molecule has 0 saturated carbocycles. The Bertz CT molecular complexity index is 1050. The minimum absolute atomic E-state index is 0.138. The van der Waals surface area contributed by atoms with Gasteiger partial charge in [-0.3, -0.25) is 0 Å². The van der Waals surface area contributed by atoms with E-state index in [4.69, 9.17) is 14.2 Å². The zero-order chi connectivity index (χ0) is 26.2. The van der Waals surface area contributed by atoms with Crippen molar-refractivity contribution in [2.45, 2.75) is 44.6 Å². The lowest BCUT2D eigenvalue weighted by Crippen LogP contribution is -2.65. The van der Waals surface area contributed by atoms with Gasteiger partial charge in [-0.15, -0.1) is 0 Å². The molecule has 6 heteroatoms. The lowest BCUT2D eigenvalue weighted by molar-refractivity contribution is 0.259. The van der Waals surface area contributed by atoms with Crippen molar-refractivity contribution in [3.05, 3.63) is 78.4 Å². The van der Waals surface area contributed by atoms with Crippen LogP contribution in [-0.4, -0.2) is 46.2 Å².